The fraction of sp³-hybridized carbons (Fsp3) is 0.100. The number of hydrogen-bond donors (Lipinski definition) is 1. The van der Waals surface area contributed by atoms with Crippen LogP contribution in [0.3, 0.4) is 0 Å². The molecule has 0 aliphatic heterocycles. The minimum Gasteiger partial charge on any atom is -0.339 e. The molecule has 29 heavy (non-hydrogen) atoms. The second-order valence-electron chi connectivity index (χ2n) is 6.31. The highest BCUT2D eigenvalue weighted by molar-refractivity contribution is 7.91. The van der Waals surface area contributed by atoms with E-state index >= 15 is 0 Å². The molecule has 0 atom stereocenters. The lowest BCUT2D eigenvalue weighted by atomic mass is 10.1. The van der Waals surface area contributed by atoms with Crippen LogP contribution in [-0.2, 0) is 22.2 Å². The minimum atomic E-state index is -3.60. The van der Waals surface area contributed by atoms with Crippen molar-refractivity contribution in [1.82, 2.24) is 10.1 Å². The highest BCUT2D eigenvalue weighted by Gasteiger charge is 2.16. The zero-order chi connectivity index (χ0) is 20.3. The van der Waals surface area contributed by atoms with Crippen molar-refractivity contribution in [2.75, 3.05) is 4.72 Å². The van der Waals surface area contributed by atoms with Crippen LogP contribution in [0.1, 0.15) is 17.0 Å². The molecule has 0 spiro atoms. The standard InChI is InChI=1S/C20H16ClN3O3S2/c21-16-9-7-14(8-10-16)13-29(25,26)24-17-5-2-1-4-15(17)12-19-22-20(23-27-19)18-6-3-11-28-18/h1-11,24H,12-13H2. The second kappa shape index (κ2) is 8.36. The van der Waals surface area contributed by atoms with E-state index < -0.39 is 10.0 Å². The maximum Gasteiger partial charge on any atom is 0.236 e. The number of sulfonamides is 1. The summed E-state index contributed by atoms with van der Waals surface area (Å²) in [5.74, 6) is 0.787. The molecule has 0 saturated carbocycles. The second-order valence-corrected chi connectivity index (χ2v) is 9.42. The maximum absolute atomic E-state index is 12.6. The van der Waals surface area contributed by atoms with Gasteiger partial charge >= 0.3 is 0 Å². The molecule has 6 nitrogen and oxygen atoms in total. The number of nitrogens with one attached hydrogen (secondary N) is 1. The Morgan fingerprint density at radius 2 is 1.83 bits per heavy atom. The van der Waals surface area contributed by atoms with Crippen molar-refractivity contribution in [3.05, 3.63) is 88.1 Å². The molecular formula is C20H16ClN3O3S2. The molecule has 2 aromatic carbocycles. The number of thiophene rings is 1. The highest BCUT2D eigenvalue weighted by atomic mass is 35.5. The topological polar surface area (TPSA) is 85.1 Å². The van der Waals surface area contributed by atoms with Crippen molar-refractivity contribution < 1.29 is 12.9 Å². The van der Waals surface area contributed by atoms with E-state index in [-0.39, 0.29) is 5.75 Å². The Hall–Kier alpha value is -2.68. The van der Waals surface area contributed by atoms with Crippen molar-refractivity contribution in [3.8, 4) is 10.7 Å². The van der Waals surface area contributed by atoms with Gasteiger partial charge in [-0.05, 0) is 40.8 Å². The first-order chi connectivity index (χ1) is 14.0. The number of para-hydroxylation sites is 1. The zero-order valence-corrected chi connectivity index (χ0v) is 17.5. The van der Waals surface area contributed by atoms with Crippen LogP contribution in [0.2, 0.25) is 5.02 Å². The van der Waals surface area contributed by atoms with Gasteiger partial charge in [-0.1, -0.05) is 53.2 Å². The lowest BCUT2D eigenvalue weighted by molar-refractivity contribution is 0.386. The SMILES string of the molecule is O=S(=O)(Cc1ccc(Cl)cc1)Nc1ccccc1Cc1nc(-c2cccs2)no1. The number of rotatable bonds is 7. The van der Waals surface area contributed by atoms with E-state index in [4.69, 9.17) is 16.1 Å². The average molecular weight is 446 g/mol. The molecule has 0 unspecified atom stereocenters. The Morgan fingerprint density at radius 1 is 1.03 bits per heavy atom. The summed E-state index contributed by atoms with van der Waals surface area (Å²) < 4.78 is 33.2. The quantitative estimate of drug-likeness (QED) is 0.433. The Kier molecular flexibility index (Phi) is 5.66. The number of hydrogen-bond acceptors (Lipinski definition) is 6. The maximum atomic E-state index is 12.6. The van der Waals surface area contributed by atoms with E-state index in [2.05, 4.69) is 14.9 Å². The van der Waals surface area contributed by atoms with Gasteiger partial charge in [0.15, 0.2) is 0 Å². The van der Waals surface area contributed by atoms with E-state index in [1.165, 1.54) is 11.3 Å². The van der Waals surface area contributed by atoms with Gasteiger partial charge in [0, 0.05) is 5.02 Å². The van der Waals surface area contributed by atoms with Crippen molar-refractivity contribution in [2.24, 2.45) is 0 Å². The van der Waals surface area contributed by atoms with Crippen LogP contribution in [0, 0.1) is 0 Å². The van der Waals surface area contributed by atoms with Crippen LogP contribution in [0.4, 0.5) is 5.69 Å². The van der Waals surface area contributed by atoms with Crippen LogP contribution in [0.15, 0.2) is 70.6 Å². The molecule has 4 aromatic rings. The molecule has 9 heteroatoms. The van der Waals surface area contributed by atoms with Gasteiger partial charge in [-0.25, -0.2) is 8.42 Å². The molecule has 2 aromatic heterocycles. The average Bonchev–Trinajstić information content (AvgIpc) is 3.36. The van der Waals surface area contributed by atoms with Gasteiger partial charge in [-0.15, -0.1) is 11.3 Å². The third-order valence-corrected chi connectivity index (χ3v) is 6.47. The molecule has 1 N–H and O–H groups in total. The van der Waals surface area contributed by atoms with E-state index in [1.807, 2.05) is 29.6 Å². The summed E-state index contributed by atoms with van der Waals surface area (Å²) in [7, 11) is -3.60. The normalized spacial score (nSPS) is 11.5. The number of nitrogens with zero attached hydrogens (tertiary/aromatic N) is 2. The Labute approximate surface area is 177 Å². The van der Waals surface area contributed by atoms with E-state index in [9.17, 15) is 8.42 Å². The molecule has 2 heterocycles. The van der Waals surface area contributed by atoms with Crippen molar-refractivity contribution >= 4 is 38.6 Å². The summed E-state index contributed by atoms with van der Waals surface area (Å²) in [5.41, 5.74) is 1.88. The van der Waals surface area contributed by atoms with Gasteiger partial charge in [-0.3, -0.25) is 4.72 Å². The van der Waals surface area contributed by atoms with Gasteiger partial charge < -0.3 is 4.52 Å². The van der Waals surface area contributed by atoms with Gasteiger partial charge in [0.1, 0.15) is 0 Å². The molecule has 0 bridgehead atoms. The summed E-state index contributed by atoms with van der Waals surface area (Å²) in [6.07, 6.45) is 0.317. The molecular weight excluding hydrogens is 430 g/mol. The minimum absolute atomic E-state index is 0.151. The number of benzene rings is 2. The van der Waals surface area contributed by atoms with Crippen LogP contribution >= 0.6 is 22.9 Å². The van der Waals surface area contributed by atoms with Gasteiger partial charge in [0.2, 0.25) is 21.7 Å². The molecule has 0 radical (unpaired) electrons. The molecule has 0 aliphatic rings. The first-order valence-corrected chi connectivity index (χ1v) is 11.6. The van der Waals surface area contributed by atoms with Crippen LogP contribution in [0.25, 0.3) is 10.7 Å². The summed E-state index contributed by atoms with van der Waals surface area (Å²) in [6.45, 7) is 0. The van der Waals surface area contributed by atoms with Gasteiger partial charge in [-0.2, -0.15) is 4.98 Å². The zero-order valence-electron chi connectivity index (χ0n) is 15.1. The van der Waals surface area contributed by atoms with Crippen molar-refractivity contribution in [1.29, 1.82) is 0 Å². The van der Waals surface area contributed by atoms with Crippen LogP contribution in [-0.4, -0.2) is 18.6 Å². The predicted molar refractivity (Wildman–Crippen MR) is 115 cm³/mol. The third-order valence-electron chi connectivity index (χ3n) is 4.10. The molecule has 0 fully saturated rings. The lowest BCUT2D eigenvalue weighted by Gasteiger charge is -2.12. The first kappa shape index (κ1) is 19.6. The molecule has 4 rings (SSSR count). The Morgan fingerprint density at radius 3 is 2.59 bits per heavy atom. The smallest absolute Gasteiger partial charge is 0.236 e. The summed E-state index contributed by atoms with van der Waals surface area (Å²) in [6, 6.07) is 17.7. The van der Waals surface area contributed by atoms with Gasteiger partial charge in [0.05, 0.1) is 22.7 Å². The summed E-state index contributed by atoms with van der Waals surface area (Å²) in [5, 5.41) is 6.50. The van der Waals surface area contributed by atoms with Gasteiger partial charge in [0.25, 0.3) is 0 Å². The Bertz CT molecular complexity index is 1200. The number of aromatic nitrogens is 2. The predicted octanol–water partition coefficient (Wildman–Crippen LogP) is 4.98. The fourth-order valence-electron chi connectivity index (χ4n) is 2.77. The van der Waals surface area contributed by atoms with E-state index in [1.54, 1.807) is 36.4 Å². The highest BCUT2D eigenvalue weighted by Crippen LogP contribution is 2.24. The molecule has 0 amide bonds. The third kappa shape index (κ3) is 5.03. The molecule has 0 saturated heterocycles. The number of halogens is 1. The fourth-order valence-corrected chi connectivity index (χ4v) is 4.79. The van der Waals surface area contributed by atoms with Crippen molar-refractivity contribution in [2.45, 2.75) is 12.2 Å². The van der Waals surface area contributed by atoms with E-state index in [0.29, 0.717) is 34.4 Å². The van der Waals surface area contributed by atoms with Crippen LogP contribution < -0.4 is 4.72 Å². The molecule has 148 valence electrons. The Balaban J connectivity index is 1.51. The van der Waals surface area contributed by atoms with Crippen LogP contribution in [0.5, 0.6) is 0 Å². The summed E-state index contributed by atoms with van der Waals surface area (Å²) >= 11 is 7.38. The lowest BCUT2D eigenvalue weighted by Crippen LogP contribution is -2.16. The largest absolute Gasteiger partial charge is 0.339 e. The molecule has 0 aliphatic carbocycles. The van der Waals surface area contributed by atoms with Crippen molar-refractivity contribution in [3.63, 3.8) is 0 Å². The summed E-state index contributed by atoms with van der Waals surface area (Å²) in [4.78, 5) is 5.32. The monoisotopic (exact) mass is 445 g/mol. The van der Waals surface area contributed by atoms with E-state index in [0.717, 1.165) is 10.4 Å². The number of anilines is 1. The first-order valence-electron chi connectivity index (χ1n) is 8.68.